The second kappa shape index (κ2) is 5.74. The van der Waals surface area contributed by atoms with E-state index in [1.54, 1.807) is 0 Å². The van der Waals surface area contributed by atoms with Crippen LogP contribution in [0.1, 0.15) is 61.8 Å². The fraction of sp³-hybridized carbons (Fsp3) is 0.643. The van der Waals surface area contributed by atoms with E-state index in [-0.39, 0.29) is 5.97 Å². The minimum atomic E-state index is -0.485. The van der Waals surface area contributed by atoms with Gasteiger partial charge in [-0.05, 0) is 39.2 Å². The molecule has 1 rings (SSSR count). The van der Waals surface area contributed by atoms with Crippen molar-refractivity contribution in [1.82, 2.24) is 0 Å². The van der Waals surface area contributed by atoms with Crippen molar-refractivity contribution in [3.05, 3.63) is 16.0 Å². The highest BCUT2D eigenvalue weighted by molar-refractivity contribution is 7.16. The molecule has 0 aliphatic rings. The van der Waals surface area contributed by atoms with Gasteiger partial charge in [0.1, 0.15) is 10.6 Å². The van der Waals surface area contributed by atoms with E-state index in [1.807, 2.05) is 20.8 Å². The quantitative estimate of drug-likeness (QED) is 0.846. The van der Waals surface area contributed by atoms with Crippen molar-refractivity contribution in [2.24, 2.45) is 0 Å². The zero-order chi connectivity index (χ0) is 13.9. The molecule has 0 saturated carbocycles. The summed E-state index contributed by atoms with van der Waals surface area (Å²) >= 11 is 1.51. The molecule has 0 amide bonds. The van der Waals surface area contributed by atoms with Crippen LogP contribution in [0.4, 0.5) is 5.00 Å². The summed E-state index contributed by atoms with van der Waals surface area (Å²) in [6.45, 7) is 9.80. The van der Waals surface area contributed by atoms with E-state index in [0.29, 0.717) is 10.6 Å². The van der Waals surface area contributed by atoms with Gasteiger partial charge in [0, 0.05) is 4.88 Å². The van der Waals surface area contributed by atoms with E-state index in [9.17, 15) is 4.79 Å². The molecule has 0 saturated heterocycles. The molecule has 0 aromatic carbocycles. The fourth-order valence-electron chi connectivity index (χ4n) is 1.89. The highest BCUT2D eigenvalue weighted by atomic mass is 32.1. The number of anilines is 1. The number of nitrogens with two attached hydrogens (primary N) is 1. The number of nitrogen functional groups attached to an aromatic ring is 1. The standard InChI is InChI=1S/C14H23NO2S/c1-6-8-9-10(7-2)18-12(15)11(9)13(16)17-14(3,4)5/h6-8,15H2,1-5H3. The Morgan fingerprint density at radius 1 is 1.33 bits per heavy atom. The molecule has 1 aromatic rings. The highest BCUT2D eigenvalue weighted by Gasteiger charge is 2.25. The van der Waals surface area contributed by atoms with Crippen LogP contribution in [0.15, 0.2) is 0 Å². The van der Waals surface area contributed by atoms with Crippen LogP contribution in [0.2, 0.25) is 0 Å². The van der Waals surface area contributed by atoms with Crippen LogP contribution in [-0.4, -0.2) is 11.6 Å². The predicted octanol–water partition coefficient (Wildman–Crippen LogP) is 3.80. The second-order valence-electron chi connectivity index (χ2n) is 5.35. The second-order valence-corrected chi connectivity index (χ2v) is 6.49. The molecule has 0 radical (unpaired) electrons. The summed E-state index contributed by atoms with van der Waals surface area (Å²) in [5.41, 5.74) is 7.17. The first-order valence-electron chi connectivity index (χ1n) is 6.43. The van der Waals surface area contributed by atoms with Crippen LogP contribution in [0, 0.1) is 0 Å². The zero-order valence-corrected chi connectivity index (χ0v) is 12.7. The molecule has 0 spiro atoms. The molecule has 0 fully saturated rings. The first-order valence-corrected chi connectivity index (χ1v) is 7.25. The number of thiophene rings is 1. The summed E-state index contributed by atoms with van der Waals surface area (Å²) in [6, 6.07) is 0. The molecular formula is C14H23NO2S. The van der Waals surface area contributed by atoms with E-state index in [4.69, 9.17) is 10.5 Å². The van der Waals surface area contributed by atoms with E-state index in [2.05, 4.69) is 13.8 Å². The van der Waals surface area contributed by atoms with Crippen molar-refractivity contribution in [1.29, 1.82) is 0 Å². The molecule has 18 heavy (non-hydrogen) atoms. The van der Waals surface area contributed by atoms with Crippen molar-refractivity contribution >= 4 is 22.3 Å². The lowest BCUT2D eigenvalue weighted by atomic mass is 10.0. The smallest absolute Gasteiger partial charge is 0.341 e. The lowest BCUT2D eigenvalue weighted by Gasteiger charge is -2.20. The number of carbonyl (C=O) groups excluding carboxylic acids is 1. The Balaban J connectivity index is 3.14. The SMILES string of the molecule is CCCc1c(CC)sc(N)c1C(=O)OC(C)(C)C. The van der Waals surface area contributed by atoms with Crippen LogP contribution in [0.25, 0.3) is 0 Å². The van der Waals surface area contributed by atoms with Gasteiger partial charge in [-0.2, -0.15) is 0 Å². The topological polar surface area (TPSA) is 52.3 Å². The lowest BCUT2D eigenvalue weighted by molar-refractivity contribution is 0.00701. The minimum Gasteiger partial charge on any atom is -0.456 e. The van der Waals surface area contributed by atoms with E-state index in [0.717, 1.165) is 24.8 Å². The van der Waals surface area contributed by atoms with Crippen molar-refractivity contribution < 1.29 is 9.53 Å². The number of rotatable bonds is 4. The largest absolute Gasteiger partial charge is 0.456 e. The van der Waals surface area contributed by atoms with Gasteiger partial charge in [0.05, 0.1) is 5.56 Å². The number of ether oxygens (including phenoxy) is 1. The Bertz CT molecular complexity index is 430. The summed E-state index contributed by atoms with van der Waals surface area (Å²) in [6.07, 6.45) is 2.79. The number of carbonyl (C=O) groups is 1. The van der Waals surface area contributed by atoms with Crippen LogP contribution >= 0.6 is 11.3 Å². The third-order valence-corrected chi connectivity index (χ3v) is 3.75. The van der Waals surface area contributed by atoms with E-state index < -0.39 is 5.60 Å². The van der Waals surface area contributed by atoms with Crippen LogP contribution in [0.3, 0.4) is 0 Å². The maximum atomic E-state index is 12.2. The van der Waals surface area contributed by atoms with Gasteiger partial charge < -0.3 is 10.5 Å². The minimum absolute atomic E-state index is 0.292. The Kier molecular flexibility index (Phi) is 4.79. The average molecular weight is 269 g/mol. The monoisotopic (exact) mass is 269 g/mol. The molecule has 0 atom stereocenters. The van der Waals surface area contributed by atoms with Crippen LogP contribution in [-0.2, 0) is 17.6 Å². The first-order chi connectivity index (χ1) is 8.30. The van der Waals surface area contributed by atoms with Gasteiger partial charge in [-0.1, -0.05) is 20.3 Å². The maximum absolute atomic E-state index is 12.2. The predicted molar refractivity (Wildman–Crippen MR) is 77.3 cm³/mol. The number of esters is 1. The fourth-order valence-corrected chi connectivity index (χ4v) is 2.93. The van der Waals surface area contributed by atoms with Gasteiger partial charge in [-0.15, -0.1) is 11.3 Å². The van der Waals surface area contributed by atoms with Gasteiger partial charge in [0.2, 0.25) is 0 Å². The molecule has 0 bridgehead atoms. The summed E-state index contributed by atoms with van der Waals surface area (Å²) in [7, 11) is 0. The van der Waals surface area contributed by atoms with Crippen LogP contribution < -0.4 is 5.73 Å². The Morgan fingerprint density at radius 2 is 1.94 bits per heavy atom. The van der Waals surface area contributed by atoms with Crippen LogP contribution in [0.5, 0.6) is 0 Å². The summed E-state index contributed by atoms with van der Waals surface area (Å²) in [4.78, 5) is 13.4. The van der Waals surface area contributed by atoms with E-state index in [1.165, 1.54) is 16.2 Å². The summed E-state index contributed by atoms with van der Waals surface area (Å²) < 4.78 is 5.44. The summed E-state index contributed by atoms with van der Waals surface area (Å²) in [5.74, 6) is -0.292. The molecular weight excluding hydrogens is 246 g/mol. The molecule has 2 N–H and O–H groups in total. The maximum Gasteiger partial charge on any atom is 0.341 e. The number of hydrogen-bond donors (Lipinski definition) is 1. The Hall–Kier alpha value is -1.03. The third kappa shape index (κ3) is 3.48. The van der Waals surface area contributed by atoms with Gasteiger partial charge in [-0.3, -0.25) is 0 Å². The molecule has 102 valence electrons. The third-order valence-electron chi connectivity index (χ3n) is 2.54. The van der Waals surface area contributed by atoms with Crippen molar-refractivity contribution in [3.63, 3.8) is 0 Å². The van der Waals surface area contributed by atoms with E-state index >= 15 is 0 Å². The van der Waals surface area contributed by atoms with Crippen molar-refractivity contribution in [3.8, 4) is 0 Å². The highest BCUT2D eigenvalue weighted by Crippen LogP contribution is 2.33. The summed E-state index contributed by atoms with van der Waals surface area (Å²) in [5, 5.41) is 0.588. The molecule has 1 heterocycles. The first kappa shape index (κ1) is 15.0. The molecule has 4 heteroatoms. The van der Waals surface area contributed by atoms with Gasteiger partial charge >= 0.3 is 5.97 Å². The van der Waals surface area contributed by atoms with Gasteiger partial charge in [0.15, 0.2) is 0 Å². The average Bonchev–Trinajstić information content (AvgIpc) is 2.53. The molecule has 0 unspecified atom stereocenters. The molecule has 0 aliphatic heterocycles. The zero-order valence-electron chi connectivity index (χ0n) is 11.9. The molecule has 0 aliphatic carbocycles. The normalized spacial score (nSPS) is 11.6. The molecule has 3 nitrogen and oxygen atoms in total. The molecule has 1 aromatic heterocycles. The van der Waals surface area contributed by atoms with Crippen molar-refractivity contribution in [2.75, 3.05) is 5.73 Å². The van der Waals surface area contributed by atoms with Gasteiger partial charge in [0.25, 0.3) is 0 Å². The van der Waals surface area contributed by atoms with Crippen molar-refractivity contribution in [2.45, 2.75) is 59.5 Å². The Labute approximate surface area is 113 Å². The number of aryl methyl sites for hydroxylation is 1. The lowest BCUT2D eigenvalue weighted by Crippen LogP contribution is -2.24. The Morgan fingerprint density at radius 3 is 2.39 bits per heavy atom. The van der Waals surface area contributed by atoms with Gasteiger partial charge in [-0.25, -0.2) is 4.79 Å². The number of hydrogen-bond acceptors (Lipinski definition) is 4.